The lowest BCUT2D eigenvalue weighted by Gasteiger charge is -2.40. The fourth-order valence-corrected chi connectivity index (χ4v) is 4.40. The molecule has 2 aliphatic rings. The third-order valence-corrected chi connectivity index (χ3v) is 5.48. The van der Waals surface area contributed by atoms with E-state index in [0.717, 1.165) is 36.7 Å². The molecule has 2 aliphatic heterocycles. The van der Waals surface area contributed by atoms with Crippen molar-refractivity contribution in [3.63, 3.8) is 0 Å². The van der Waals surface area contributed by atoms with Crippen LogP contribution in [-0.4, -0.2) is 44.3 Å². The summed E-state index contributed by atoms with van der Waals surface area (Å²) in [7, 11) is 0. The summed E-state index contributed by atoms with van der Waals surface area (Å²) in [6.07, 6.45) is 6.29. The van der Waals surface area contributed by atoms with Crippen molar-refractivity contribution in [2.24, 2.45) is 5.73 Å². The smallest absolute Gasteiger partial charge is 0.135 e. The van der Waals surface area contributed by atoms with Crippen LogP contribution < -0.4 is 5.73 Å². The van der Waals surface area contributed by atoms with Gasteiger partial charge in [0.15, 0.2) is 0 Å². The van der Waals surface area contributed by atoms with E-state index in [1.54, 1.807) is 0 Å². The van der Waals surface area contributed by atoms with Crippen LogP contribution in [0.4, 0.5) is 0 Å². The minimum absolute atomic E-state index is 0.310. The van der Waals surface area contributed by atoms with Crippen LogP contribution in [0.15, 0.2) is 0 Å². The predicted molar refractivity (Wildman–Crippen MR) is 117 cm³/mol. The molecule has 2 bridgehead atoms. The van der Waals surface area contributed by atoms with Crippen LogP contribution >= 0.6 is 37.2 Å². The first-order valence-corrected chi connectivity index (χ1v) is 15.3. The molecule has 0 aliphatic carbocycles. The molecule has 24 heavy (non-hydrogen) atoms. The molecule has 7 heteroatoms. The van der Waals surface area contributed by atoms with Crippen molar-refractivity contribution in [1.82, 2.24) is 19.7 Å². The Labute approximate surface area is 169 Å². The summed E-state index contributed by atoms with van der Waals surface area (Å²) in [6, 6.07) is 2.34. The van der Waals surface area contributed by atoms with Crippen molar-refractivity contribution in [1.29, 1.82) is 0 Å². The van der Waals surface area contributed by atoms with Crippen molar-refractivity contribution in [3.05, 3.63) is 11.6 Å². The number of nitrogens with zero attached hydrogens (tertiary/aromatic N) is 4. The number of hydrogen-bond acceptors (Lipinski definition) is 4. The molecule has 0 saturated carbocycles. The highest BCUT2D eigenvalue weighted by Crippen LogP contribution is 2.42. The van der Waals surface area contributed by atoms with Crippen molar-refractivity contribution in [2.75, 3.05) is 6.54 Å². The Morgan fingerprint density at radius 2 is 1.67 bits per heavy atom. The topological polar surface area (TPSA) is 60.0 Å². The predicted octanol–water partition coefficient (Wildman–Crippen LogP) is 4.39. The van der Waals surface area contributed by atoms with E-state index in [0.29, 0.717) is 18.0 Å². The molecule has 3 unspecified atom stereocenters. The number of aryl methyl sites for hydroxylation is 1. The largest absolute Gasteiger partial charge is 0.328 e. The molecule has 1 aromatic rings. The highest BCUT2D eigenvalue weighted by molar-refractivity contribution is 15.0. The summed E-state index contributed by atoms with van der Waals surface area (Å²) in [4.78, 5) is 2.73. The number of halogens is 2. The molecule has 3 rings (SSSR count). The van der Waals surface area contributed by atoms with Gasteiger partial charge in [-0.2, -0.15) is 0 Å². The summed E-state index contributed by atoms with van der Waals surface area (Å²) in [6.45, 7) is 9.81. The quantitative estimate of drug-likeness (QED) is 0.545. The monoisotopic (exact) mass is 559 g/mol. The van der Waals surface area contributed by atoms with E-state index in [2.05, 4.69) is 84.6 Å². The van der Waals surface area contributed by atoms with E-state index in [-0.39, 0.29) is 0 Å². The molecule has 1 aromatic heterocycles. The first-order chi connectivity index (χ1) is 11.5. The van der Waals surface area contributed by atoms with Gasteiger partial charge < -0.3 is 10.3 Å². The second-order valence-corrected chi connectivity index (χ2v) is 7.64. The average Bonchev–Trinajstić information content (AvgIpc) is 3.04. The number of nitrogens with two attached hydrogens (primary N) is 1. The molecule has 2 saturated heterocycles. The SMILES string of the molecule is Cc1nnc(C(C)C)n1C1CC2CCC(C1)N2CCC(C)N.II. The van der Waals surface area contributed by atoms with Gasteiger partial charge in [0.2, 0.25) is 0 Å². The van der Waals surface area contributed by atoms with Gasteiger partial charge in [-0.15, -0.1) is 10.2 Å². The second-order valence-electron chi connectivity index (χ2n) is 7.64. The van der Waals surface area contributed by atoms with Gasteiger partial charge in [0.1, 0.15) is 11.6 Å². The number of rotatable bonds is 5. The fraction of sp³-hybridized carbons (Fsp3) is 0.882. The minimum Gasteiger partial charge on any atom is -0.328 e. The zero-order valence-electron chi connectivity index (χ0n) is 15.3. The molecule has 3 heterocycles. The standard InChI is InChI=1S/C17H31N5.I2/c1-11(2)17-20-19-13(4)22(17)16-9-14-5-6-15(10-16)21(14)8-7-12(3)18;1-2/h11-12,14-16H,5-10,18H2,1-4H3;. The normalized spacial score (nSPS) is 27.9. The van der Waals surface area contributed by atoms with Crippen LogP contribution in [0, 0.1) is 6.92 Å². The van der Waals surface area contributed by atoms with Gasteiger partial charge in [-0.3, -0.25) is 4.90 Å². The number of hydrogen-bond donors (Lipinski definition) is 1. The van der Waals surface area contributed by atoms with E-state index in [9.17, 15) is 0 Å². The Bertz CT molecular complexity index is 503. The van der Waals surface area contributed by atoms with E-state index in [1.165, 1.54) is 25.7 Å². The maximum absolute atomic E-state index is 5.95. The second kappa shape index (κ2) is 9.45. The van der Waals surface area contributed by atoms with Gasteiger partial charge in [-0.25, -0.2) is 0 Å². The minimum atomic E-state index is 0.310. The number of piperidine rings is 1. The molecular formula is C17H31I2N5. The van der Waals surface area contributed by atoms with Crippen molar-refractivity contribution in [2.45, 2.75) is 89.9 Å². The highest BCUT2D eigenvalue weighted by Gasteiger charge is 2.41. The molecule has 0 spiro atoms. The van der Waals surface area contributed by atoms with Crippen LogP contribution in [0.1, 0.15) is 76.5 Å². The van der Waals surface area contributed by atoms with Crippen molar-refractivity contribution in [3.8, 4) is 0 Å². The summed E-state index contributed by atoms with van der Waals surface area (Å²) < 4.78 is 2.43. The van der Waals surface area contributed by atoms with E-state index < -0.39 is 0 Å². The van der Waals surface area contributed by atoms with Gasteiger partial charge in [-0.1, -0.05) is 13.8 Å². The summed E-state index contributed by atoms with van der Waals surface area (Å²) >= 11 is 4.24. The van der Waals surface area contributed by atoms with Gasteiger partial charge in [-0.05, 0) is 46.0 Å². The van der Waals surface area contributed by atoms with Crippen LogP contribution in [0.5, 0.6) is 0 Å². The third-order valence-electron chi connectivity index (χ3n) is 5.48. The summed E-state index contributed by atoms with van der Waals surface area (Å²) in [5, 5.41) is 8.77. The molecule has 0 amide bonds. The van der Waals surface area contributed by atoms with Gasteiger partial charge in [0.25, 0.3) is 0 Å². The number of fused-ring (bicyclic) bond motifs is 2. The maximum atomic E-state index is 5.95. The Kier molecular flexibility index (Phi) is 8.20. The van der Waals surface area contributed by atoms with E-state index >= 15 is 0 Å². The number of aromatic nitrogens is 3. The van der Waals surface area contributed by atoms with E-state index in [4.69, 9.17) is 5.73 Å². The molecule has 2 fully saturated rings. The molecular weight excluding hydrogens is 528 g/mol. The highest BCUT2D eigenvalue weighted by atomic mass is 128. The Morgan fingerprint density at radius 3 is 2.17 bits per heavy atom. The summed E-state index contributed by atoms with van der Waals surface area (Å²) in [5.41, 5.74) is 5.95. The zero-order chi connectivity index (χ0) is 17.9. The lowest BCUT2D eigenvalue weighted by Crippen LogP contribution is -2.45. The van der Waals surface area contributed by atoms with Crippen molar-refractivity contribution < 1.29 is 0 Å². The van der Waals surface area contributed by atoms with Crippen LogP contribution in [0.3, 0.4) is 0 Å². The molecule has 138 valence electrons. The van der Waals surface area contributed by atoms with Gasteiger partial charge in [0, 0.05) is 73.9 Å². The van der Waals surface area contributed by atoms with Crippen LogP contribution in [-0.2, 0) is 0 Å². The Morgan fingerprint density at radius 1 is 1.08 bits per heavy atom. The van der Waals surface area contributed by atoms with Gasteiger partial charge >= 0.3 is 0 Å². The lowest BCUT2D eigenvalue weighted by molar-refractivity contribution is 0.102. The Hall–Kier alpha value is 0.520. The molecule has 3 atom stereocenters. The maximum Gasteiger partial charge on any atom is 0.135 e. The molecule has 2 N–H and O–H groups in total. The molecule has 5 nitrogen and oxygen atoms in total. The third kappa shape index (κ3) is 4.62. The summed E-state index contributed by atoms with van der Waals surface area (Å²) in [5.74, 6) is 2.68. The van der Waals surface area contributed by atoms with Gasteiger partial charge in [0.05, 0.1) is 0 Å². The Balaban J connectivity index is 0.00000100. The van der Waals surface area contributed by atoms with Crippen LogP contribution in [0.25, 0.3) is 0 Å². The lowest BCUT2D eigenvalue weighted by atomic mass is 9.95. The molecule has 0 aromatic carbocycles. The van der Waals surface area contributed by atoms with Crippen molar-refractivity contribution >= 4 is 37.2 Å². The zero-order valence-corrected chi connectivity index (χ0v) is 19.6. The fourth-order valence-electron chi connectivity index (χ4n) is 4.40. The first-order valence-electron chi connectivity index (χ1n) is 9.04. The first kappa shape index (κ1) is 20.8. The van der Waals surface area contributed by atoms with E-state index in [1.807, 2.05) is 0 Å². The van der Waals surface area contributed by atoms with Crippen LogP contribution in [0.2, 0.25) is 0 Å². The average molecular weight is 559 g/mol. The molecule has 0 radical (unpaired) electrons.